The molecule has 1 aromatic carbocycles. The summed E-state index contributed by atoms with van der Waals surface area (Å²) in [4.78, 5) is 4.09. The SMILES string of the molecule is COC1CCCCC1Nc1cccc(Cn2ccnc2)c1. The predicted octanol–water partition coefficient (Wildman–Crippen LogP) is 3.30. The zero-order valence-electron chi connectivity index (χ0n) is 12.5. The second-order valence-corrected chi connectivity index (χ2v) is 5.74. The molecule has 2 aromatic rings. The third kappa shape index (κ3) is 3.64. The molecular formula is C17H23N3O. The van der Waals surface area contributed by atoms with Gasteiger partial charge in [0.05, 0.1) is 18.5 Å². The van der Waals surface area contributed by atoms with Crippen LogP contribution in [0.1, 0.15) is 31.2 Å². The van der Waals surface area contributed by atoms with E-state index in [1.807, 2.05) is 25.8 Å². The summed E-state index contributed by atoms with van der Waals surface area (Å²) in [7, 11) is 1.82. The molecule has 21 heavy (non-hydrogen) atoms. The van der Waals surface area contributed by atoms with Gasteiger partial charge in [-0.05, 0) is 30.5 Å². The van der Waals surface area contributed by atoms with Crippen LogP contribution in [0.15, 0.2) is 43.0 Å². The Labute approximate surface area is 126 Å². The third-order valence-electron chi connectivity index (χ3n) is 4.21. The molecule has 0 radical (unpaired) electrons. The fourth-order valence-electron chi connectivity index (χ4n) is 3.11. The van der Waals surface area contributed by atoms with Gasteiger partial charge >= 0.3 is 0 Å². The van der Waals surface area contributed by atoms with Crippen molar-refractivity contribution in [2.24, 2.45) is 0 Å². The minimum atomic E-state index is 0.330. The summed E-state index contributed by atoms with van der Waals surface area (Å²) in [6.07, 6.45) is 10.9. The van der Waals surface area contributed by atoms with Gasteiger partial charge in [0.2, 0.25) is 0 Å². The number of hydrogen-bond acceptors (Lipinski definition) is 3. The summed E-state index contributed by atoms with van der Waals surface area (Å²) in [5.74, 6) is 0. The van der Waals surface area contributed by atoms with Gasteiger partial charge in [-0.25, -0.2) is 4.98 Å². The first-order chi connectivity index (χ1) is 10.3. The lowest BCUT2D eigenvalue weighted by molar-refractivity contribution is 0.0606. The Bertz CT molecular complexity index is 553. The molecule has 0 saturated heterocycles. The maximum Gasteiger partial charge on any atom is 0.0949 e. The second kappa shape index (κ2) is 6.76. The Kier molecular flexibility index (Phi) is 4.55. The molecular weight excluding hydrogens is 262 g/mol. The van der Waals surface area contributed by atoms with Crippen LogP contribution in [0.25, 0.3) is 0 Å². The maximum absolute atomic E-state index is 5.62. The van der Waals surface area contributed by atoms with Crippen molar-refractivity contribution < 1.29 is 4.74 Å². The van der Waals surface area contributed by atoms with Crippen LogP contribution in [0.3, 0.4) is 0 Å². The average Bonchev–Trinajstić information content (AvgIpc) is 3.01. The summed E-state index contributed by atoms with van der Waals surface area (Å²) in [6, 6.07) is 9.05. The Balaban J connectivity index is 1.67. The van der Waals surface area contributed by atoms with Crippen LogP contribution in [-0.4, -0.2) is 28.8 Å². The molecule has 2 atom stereocenters. The van der Waals surface area contributed by atoms with Gasteiger partial charge < -0.3 is 14.6 Å². The Hall–Kier alpha value is -1.81. The largest absolute Gasteiger partial charge is 0.380 e. The third-order valence-corrected chi connectivity index (χ3v) is 4.21. The van der Waals surface area contributed by atoms with E-state index < -0.39 is 0 Å². The predicted molar refractivity (Wildman–Crippen MR) is 84.4 cm³/mol. The van der Waals surface area contributed by atoms with Crippen molar-refractivity contribution in [3.05, 3.63) is 48.5 Å². The van der Waals surface area contributed by atoms with E-state index in [1.165, 1.54) is 30.5 Å². The minimum Gasteiger partial charge on any atom is -0.380 e. The summed E-state index contributed by atoms with van der Waals surface area (Å²) in [6.45, 7) is 0.855. The standard InChI is InChI=1S/C17H23N3O/c1-21-17-8-3-2-7-16(17)19-15-6-4-5-14(11-15)12-20-10-9-18-13-20/h4-6,9-11,13,16-17,19H,2-3,7-8,12H2,1H3. The molecule has 1 N–H and O–H groups in total. The van der Waals surface area contributed by atoms with Crippen LogP contribution >= 0.6 is 0 Å². The van der Waals surface area contributed by atoms with Crippen molar-refractivity contribution in [1.29, 1.82) is 0 Å². The van der Waals surface area contributed by atoms with Gasteiger partial charge in [-0.1, -0.05) is 25.0 Å². The molecule has 0 aliphatic heterocycles. The van der Waals surface area contributed by atoms with E-state index in [-0.39, 0.29) is 0 Å². The molecule has 0 amide bonds. The van der Waals surface area contributed by atoms with Crippen LogP contribution in [0, 0.1) is 0 Å². The lowest BCUT2D eigenvalue weighted by atomic mass is 9.92. The number of aromatic nitrogens is 2. The van der Waals surface area contributed by atoms with Gasteiger partial charge in [0.25, 0.3) is 0 Å². The van der Waals surface area contributed by atoms with Gasteiger partial charge in [0, 0.05) is 31.7 Å². The zero-order chi connectivity index (χ0) is 14.5. The second-order valence-electron chi connectivity index (χ2n) is 5.74. The molecule has 2 unspecified atom stereocenters. The highest BCUT2D eigenvalue weighted by Crippen LogP contribution is 2.24. The number of methoxy groups -OCH3 is 1. The van der Waals surface area contributed by atoms with E-state index in [0.717, 1.165) is 13.0 Å². The Morgan fingerprint density at radius 2 is 2.24 bits per heavy atom. The lowest BCUT2D eigenvalue weighted by Crippen LogP contribution is -2.37. The number of hydrogen-bond donors (Lipinski definition) is 1. The summed E-state index contributed by atoms with van der Waals surface area (Å²) < 4.78 is 7.70. The molecule has 0 bridgehead atoms. The number of nitrogens with one attached hydrogen (secondary N) is 1. The molecule has 1 aromatic heterocycles. The van der Waals surface area contributed by atoms with E-state index in [9.17, 15) is 0 Å². The highest BCUT2D eigenvalue weighted by molar-refractivity contribution is 5.47. The van der Waals surface area contributed by atoms with Gasteiger partial charge in [0.1, 0.15) is 0 Å². The average molecular weight is 285 g/mol. The molecule has 1 saturated carbocycles. The number of rotatable bonds is 5. The smallest absolute Gasteiger partial charge is 0.0949 e. The number of anilines is 1. The molecule has 1 aliphatic carbocycles. The maximum atomic E-state index is 5.62. The molecule has 1 heterocycles. The van der Waals surface area contributed by atoms with Crippen LogP contribution < -0.4 is 5.32 Å². The van der Waals surface area contributed by atoms with Crippen molar-refractivity contribution in [1.82, 2.24) is 9.55 Å². The highest BCUT2D eigenvalue weighted by atomic mass is 16.5. The molecule has 1 fully saturated rings. The topological polar surface area (TPSA) is 39.1 Å². The minimum absolute atomic E-state index is 0.330. The van der Waals surface area contributed by atoms with Crippen molar-refractivity contribution in [3.63, 3.8) is 0 Å². The quantitative estimate of drug-likeness (QED) is 0.916. The zero-order valence-corrected chi connectivity index (χ0v) is 12.5. The van der Waals surface area contributed by atoms with E-state index >= 15 is 0 Å². The number of benzene rings is 1. The number of imidazole rings is 1. The van der Waals surface area contributed by atoms with Gasteiger partial charge in [-0.2, -0.15) is 0 Å². The van der Waals surface area contributed by atoms with Crippen molar-refractivity contribution >= 4 is 5.69 Å². The number of nitrogens with zero attached hydrogens (tertiary/aromatic N) is 2. The summed E-state index contributed by atoms with van der Waals surface area (Å²) in [5.41, 5.74) is 2.46. The Morgan fingerprint density at radius 1 is 1.33 bits per heavy atom. The highest BCUT2D eigenvalue weighted by Gasteiger charge is 2.24. The van der Waals surface area contributed by atoms with Crippen molar-refractivity contribution in [2.75, 3.05) is 12.4 Å². The molecule has 112 valence electrons. The van der Waals surface area contributed by atoms with Gasteiger partial charge in [-0.15, -0.1) is 0 Å². The van der Waals surface area contributed by atoms with Crippen LogP contribution in [0.5, 0.6) is 0 Å². The first-order valence-electron chi connectivity index (χ1n) is 7.69. The van der Waals surface area contributed by atoms with Crippen molar-refractivity contribution in [2.45, 2.75) is 44.4 Å². The summed E-state index contributed by atoms with van der Waals surface area (Å²) in [5, 5.41) is 3.65. The monoisotopic (exact) mass is 285 g/mol. The van der Waals surface area contributed by atoms with Gasteiger partial charge in [-0.3, -0.25) is 0 Å². The lowest BCUT2D eigenvalue weighted by Gasteiger charge is -2.32. The fraction of sp³-hybridized carbons (Fsp3) is 0.471. The first-order valence-corrected chi connectivity index (χ1v) is 7.69. The van der Waals surface area contributed by atoms with E-state index in [0.29, 0.717) is 12.1 Å². The normalized spacial score (nSPS) is 22.1. The Morgan fingerprint density at radius 3 is 3.05 bits per heavy atom. The molecule has 4 heteroatoms. The molecule has 1 aliphatic rings. The first kappa shape index (κ1) is 14.1. The van der Waals surface area contributed by atoms with Crippen molar-refractivity contribution in [3.8, 4) is 0 Å². The van der Waals surface area contributed by atoms with E-state index in [2.05, 4.69) is 39.1 Å². The van der Waals surface area contributed by atoms with E-state index in [4.69, 9.17) is 4.74 Å². The summed E-state index contributed by atoms with van der Waals surface area (Å²) >= 11 is 0. The fourth-order valence-corrected chi connectivity index (χ4v) is 3.11. The number of ether oxygens (including phenoxy) is 1. The molecule has 4 nitrogen and oxygen atoms in total. The molecule has 0 spiro atoms. The van der Waals surface area contributed by atoms with Crippen LogP contribution in [0.4, 0.5) is 5.69 Å². The van der Waals surface area contributed by atoms with E-state index in [1.54, 1.807) is 0 Å². The van der Waals surface area contributed by atoms with Crippen LogP contribution in [0.2, 0.25) is 0 Å². The van der Waals surface area contributed by atoms with Crippen LogP contribution in [-0.2, 0) is 11.3 Å². The molecule has 3 rings (SSSR count). The van der Waals surface area contributed by atoms with Gasteiger partial charge in [0.15, 0.2) is 0 Å².